The first-order valence-corrected chi connectivity index (χ1v) is 10.2. The quantitative estimate of drug-likeness (QED) is 0.413. The molecule has 0 radical (unpaired) electrons. The number of amides is 1. The SMILES string of the molecule is Cc1cc(I)ccc1NC(=O)c1ccc(-n2c(C)nc3ccccc3c2=O)cc1. The summed E-state index contributed by atoms with van der Waals surface area (Å²) < 4.78 is 2.68. The first kappa shape index (κ1) is 19.3. The summed E-state index contributed by atoms with van der Waals surface area (Å²) in [7, 11) is 0. The van der Waals surface area contributed by atoms with Crippen LogP contribution in [0.2, 0.25) is 0 Å². The van der Waals surface area contributed by atoms with Gasteiger partial charge in [0.2, 0.25) is 0 Å². The highest BCUT2D eigenvalue weighted by Gasteiger charge is 2.12. The average molecular weight is 495 g/mol. The molecule has 0 saturated carbocycles. The third-order valence-corrected chi connectivity index (χ3v) is 5.44. The smallest absolute Gasteiger partial charge is 0.265 e. The van der Waals surface area contributed by atoms with Crippen LogP contribution in [0, 0.1) is 17.4 Å². The number of carbonyl (C=O) groups excluding carboxylic acids is 1. The molecule has 4 rings (SSSR count). The number of para-hydroxylation sites is 1. The second-order valence-electron chi connectivity index (χ2n) is 6.78. The van der Waals surface area contributed by atoms with Crippen molar-refractivity contribution in [2.45, 2.75) is 13.8 Å². The Balaban J connectivity index is 1.65. The van der Waals surface area contributed by atoms with E-state index < -0.39 is 0 Å². The van der Waals surface area contributed by atoms with Crippen LogP contribution in [0.5, 0.6) is 0 Å². The molecule has 6 heteroatoms. The summed E-state index contributed by atoms with van der Waals surface area (Å²) in [4.78, 5) is 30.1. The van der Waals surface area contributed by atoms with Gasteiger partial charge in [-0.2, -0.15) is 0 Å². The molecule has 1 aromatic heterocycles. The van der Waals surface area contributed by atoms with Crippen LogP contribution >= 0.6 is 22.6 Å². The monoisotopic (exact) mass is 495 g/mol. The van der Waals surface area contributed by atoms with Gasteiger partial charge in [0.1, 0.15) is 5.82 Å². The van der Waals surface area contributed by atoms with Crippen LogP contribution in [0.25, 0.3) is 16.6 Å². The highest BCUT2D eigenvalue weighted by molar-refractivity contribution is 14.1. The predicted molar refractivity (Wildman–Crippen MR) is 124 cm³/mol. The molecule has 29 heavy (non-hydrogen) atoms. The molecule has 0 atom stereocenters. The zero-order valence-corrected chi connectivity index (χ0v) is 18.1. The number of fused-ring (bicyclic) bond motifs is 1. The molecule has 1 N–H and O–H groups in total. The molecule has 144 valence electrons. The van der Waals surface area contributed by atoms with Gasteiger partial charge in [0.15, 0.2) is 0 Å². The van der Waals surface area contributed by atoms with Gasteiger partial charge in [-0.1, -0.05) is 12.1 Å². The zero-order chi connectivity index (χ0) is 20.5. The van der Waals surface area contributed by atoms with E-state index >= 15 is 0 Å². The van der Waals surface area contributed by atoms with Crippen LogP contribution in [0.1, 0.15) is 21.7 Å². The molecule has 3 aromatic carbocycles. The normalized spacial score (nSPS) is 10.9. The molecule has 0 aliphatic carbocycles. The van der Waals surface area contributed by atoms with Gasteiger partial charge in [-0.25, -0.2) is 4.98 Å². The molecular formula is C23H18IN3O2. The summed E-state index contributed by atoms with van der Waals surface area (Å²) in [5.74, 6) is 0.405. The molecule has 0 bridgehead atoms. The van der Waals surface area contributed by atoms with Crippen LogP contribution < -0.4 is 10.9 Å². The lowest BCUT2D eigenvalue weighted by Crippen LogP contribution is -2.22. The average Bonchev–Trinajstić information content (AvgIpc) is 2.70. The van der Waals surface area contributed by atoms with Gasteiger partial charge in [0, 0.05) is 14.8 Å². The van der Waals surface area contributed by atoms with Crippen molar-refractivity contribution in [3.05, 3.63) is 97.6 Å². The molecule has 1 amide bonds. The van der Waals surface area contributed by atoms with Crippen molar-refractivity contribution in [2.24, 2.45) is 0 Å². The molecule has 4 aromatic rings. The third kappa shape index (κ3) is 3.80. The molecule has 0 spiro atoms. The molecule has 0 aliphatic rings. The van der Waals surface area contributed by atoms with E-state index in [1.165, 1.54) is 0 Å². The summed E-state index contributed by atoms with van der Waals surface area (Å²) >= 11 is 2.24. The summed E-state index contributed by atoms with van der Waals surface area (Å²) in [6.45, 7) is 3.76. The van der Waals surface area contributed by atoms with Gasteiger partial charge in [-0.3, -0.25) is 14.2 Å². The number of hydrogen-bond donors (Lipinski definition) is 1. The van der Waals surface area contributed by atoms with Crippen molar-refractivity contribution in [1.29, 1.82) is 0 Å². The van der Waals surface area contributed by atoms with Crippen LogP contribution in [0.4, 0.5) is 5.69 Å². The third-order valence-electron chi connectivity index (χ3n) is 4.77. The summed E-state index contributed by atoms with van der Waals surface area (Å²) in [5, 5.41) is 3.50. The zero-order valence-electron chi connectivity index (χ0n) is 15.9. The molecule has 1 heterocycles. The number of benzene rings is 3. The first-order chi connectivity index (χ1) is 13.9. The van der Waals surface area contributed by atoms with Crippen molar-refractivity contribution in [3.63, 3.8) is 0 Å². The Hall–Kier alpha value is -3.00. The standard InChI is InChI=1S/C23H18IN3O2/c1-14-13-17(24)9-12-20(14)26-22(28)16-7-10-18(11-8-16)27-15(2)25-21-6-4-3-5-19(21)23(27)29/h3-13H,1-2H3,(H,26,28). The number of carbonyl (C=O) groups is 1. The van der Waals surface area contributed by atoms with Gasteiger partial charge >= 0.3 is 0 Å². The highest BCUT2D eigenvalue weighted by atomic mass is 127. The van der Waals surface area contributed by atoms with Gasteiger partial charge in [-0.05, 0) is 96.6 Å². The van der Waals surface area contributed by atoms with Crippen molar-refractivity contribution < 1.29 is 4.79 Å². The molecule has 0 unspecified atom stereocenters. The number of hydrogen-bond acceptors (Lipinski definition) is 3. The number of aromatic nitrogens is 2. The number of anilines is 1. The van der Waals surface area contributed by atoms with Gasteiger partial charge < -0.3 is 5.32 Å². The van der Waals surface area contributed by atoms with Crippen LogP contribution in [-0.4, -0.2) is 15.5 Å². The maximum Gasteiger partial charge on any atom is 0.265 e. The Kier molecular flexibility index (Phi) is 5.19. The van der Waals surface area contributed by atoms with Crippen LogP contribution in [-0.2, 0) is 0 Å². The number of halogens is 1. The lowest BCUT2D eigenvalue weighted by atomic mass is 10.1. The van der Waals surface area contributed by atoms with Crippen LogP contribution in [0.15, 0.2) is 71.5 Å². The Morgan fingerprint density at radius 3 is 2.45 bits per heavy atom. The summed E-state index contributed by atoms with van der Waals surface area (Å²) in [5.41, 5.74) is 3.53. The maximum atomic E-state index is 12.9. The molecule has 0 saturated heterocycles. The minimum Gasteiger partial charge on any atom is -0.322 e. The fraction of sp³-hybridized carbons (Fsp3) is 0.0870. The summed E-state index contributed by atoms with van der Waals surface area (Å²) in [6, 6.07) is 20.1. The lowest BCUT2D eigenvalue weighted by Gasteiger charge is -2.12. The Morgan fingerprint density at radius 1 is 1.00 bits per heavy atom. The van der Waals surface area contributed by atoms with Gasteiger partial charge in [0.05, 0.1) is 16.6 Å². The molecule has 5 nitrogen and oxygen atoms in total. The fourth-order valence-corrected chi connectivity index (χ4v) is 3.92. The molecule has 0 fully saturated rings. The molecule has 0 aliphatic heterocycles. The van der Waals surface area contributed by atoms with E-state index in [1.54, 1.807) is 41.8 Å². The minimum absolute atomic E-state index is 0.125. The Bertz CT molecular complexity index is 1290. The van der Waals surface area contributed by atoms with E-state index in [-0.39, 0.29) is 11.5 Å². The van der Waals surface area contributed by atoms with E-state index in [1.807, 2.05) is 43.3 Å². The topological polar surface area (TPSA) is 64.0 Å². The Morgan fingerprint density at radius 2 is 1.72 bits per heavy atom. The van der Waals surface area contributed by atoms with Crippen molar-refractivity contribution in [1.82, 2.24) is 9.55 Å². The highest BCUT2D eigenvalue weighted by Crippen LogP contribution is 2.19. The Labute approximate surface area is 181 Å². The minimum atomic E-state index is -0.193. The summed E-state index contributed by atoms with van der Waals surface area (Å²) in [6.07, 6.45) is 0. The van der Waals surface area contributed by atoms with Crippen molar-refractivity contribution in [3.8, 4) is 5.69 Å². The van der Waals surface area contributed by atoms with Crippen LogP contribution in [0.3, 0.4) is 0 Å². The second kappa shape index (κ2) is 7.79. The van der Waals surface area contributed by atoms with Crippen molar-refractivity contribution in [2.75, 3.05) is 5.32 Å². The second-order valence-corrected chi connectivity index (χ2v) is 8.02. The number of rotatable bonds is 3. The largest absolute Gasteiger partial charge is 0.322 e. The van der Waals surface area contributed by atoms with Gasteiger partial charge in [-0.15, -0.1) is 0 Å². The fourth-order valence-electron chi connectivity index (χ4n) is 3.27. The maximum absolute atomic E-state index is 12.9. The number of aryl methyl sites for hydroxylation is 2. The van der Waals surface area contributed by atoms with E-state index in [2.05, 4.69) is 32.9 Å². The first-order valence-electron chi connectivity index (χ1n) is 9.10. The van der Waals surface area contributed by atoms with E-state index in [0.29, 0.717) is 28.0 Å². The van der Waals surface area contributed by atoms with Gasteiger partial charge in [0.25, 0.3) is 11.5 Å². The van der Waals surface area contributed by atoms with Crippen molar-refractivity contribution >= 4 is 45.1 Å². The number of nitrogens with zero attached hydrogens (tertiary/aromatic N) is 2. The van der Waals surface area contributed by atoms with E-state index in [0.717, 1.165) is 14.8 Å². The van der Waals surface area contributed by atoms with E-state index in [9.17, 15) is 9.59 Å². The number of nitrogens with one attached hydrogen (secondary N) is 1. The molecular weight excluding hydrogens is 477 g/mol. The lowest BCUT2D eigenvalue weighted by molar-refractivity contribution is 0.102. The predicted octanol–water partition coefficient (Wildman–Crippen LogP) is 4.86. The van der Waals surface area contributed by atoms with E-state index in [4.69, 9.17) is 0 Å².